The number of aliphatic hydroxyl groups is 1. The first kappa shape index (κ1) is 91.5. The number of nitrogens with one attached hydrogen (secondary N) is 4. The van der Waals surface area contributed by atoms with Gasteiger partial charge >= 0.3 is 17.7 Å². The number of rotatable bonds is 13. The monoisotopic (exact) mass is 1750 g/mol. The van der Waals surface area contributed by atoms with Crippen molar-refractivity contribution in [3.63, 3.8) is 0 Å². The number of benzene rings is 9. The first-order chi connectivity index (χ1) is 61.6. The fourth-order valence-corrected chi connectivity index (χ4v) is 15.6. The van der Waals surface area contributed by atoms with Crippen LogP contribution in [0.15, 0.2) is 270 Å². The molecule has 9 aromatic carbocycles. The number of para-hydroxylation sites is 6. The quantitative estimate of drug-likeness (QED) is 0.0224. The summed E-state index contributed by atoms with van der Waals surface area (Å²) in [5.74, 6) is -2.31. The van der Waals surface area contributed by atoms with Crippen molar-refractivity contribution in [3.8, 4) is 22.6 Å². The predicted molar refractivity (Wildman–Crippen MR) is 481 cm³/mol. The second-order valence-corrected chi connectivity index (χ2v) is 32.8. The number of alkyl carbamates (subject to hydrolysis) is 1. The van der Waals surface area contributed by atoms with Gasteiger partial charge in [-0.1, -0.05) is 169 Å². The molecule has 5 saturated carbocycles. The Kier molecular flexibility index (Phi) is 29.0. The number of nitrogens with zero attached hydrogens (tertiary/aromatic N) is 8. The molecular weight excluding hydrogens is 1650 g/mol. The van der Waals surface area contributed by atoms with Gasteiger partial charge in [-0.05, 0) is 169 Å². The molecule has 7 heterocycles. The lowest BCUT2D eigenvalue weighted by atomic mass is 9.85. The molecule has 5 aliphatic carbocycles. The molecule has 0 radical (unpaired) electrons. The highest BCUT2D eigenvalue weighted by Gasteiger charge is 2.46. The van der Waals surface area contributed by atoms with Crippen LogP contribution in [0.4, 0.5) is 26.2 Å². The van der Waals surface area contributed by atoms with Crippen molar-refractivity contribution in [3.05, 3.63) is 322 Å². The minimum atomic E-state index is -1.09. The Morgan fingerprint density at radius 3 is 1.45 bits per heavy atom. The molecule has 664 valence electrons. The summed E-state index contributed by atoms with van der Waals surface area (Å²) in [7, 11) is 0. The number of carbonyl (C=O) groups is 9. The van der Waals surface area contributed by atoms with Gasteiger partial charge in [0.25, 0.3) is 41.4 Å². The van der Waals surface area contributed by atoms with Crippen molar-refractivity contribution in [2.45, 2.75) is 158 Å². The van der Waals surface area contributed by atoms with E-state index in [4.69, 9.17) is 41.2 Å². The number of aliphatic hydroxyl groups excluding tert-OH is 1. The number of amides is 8. The van der Waals surface area contributed by atoms with Crippen molar-refractivity contribution >= 4 is 92.4 Å². The number of nitro groups is 1. The van der Waals surface area contributed by atoms with Gasteiger partial charge in [0.15, 0.2) is 22.9 Å². The van der Waals surface area contributed by atoms with E-state index in [0.29, 0.717) is 87.2 Å². The van der Waals surface area contributed by atoms with Crippen LogP contribution in [0.5, 0.6) is 0 Å². The van der Waals surface area contributed by atoms with Gasteiger partial charge in [-0.2, -0.15) is 4.39 Å². The van der Waals surface area contributed by atoms with E-state index in [2.05, 4.69) is 88.3 Å². The van der Waals surface area contributed by atoms with Crippen molar-refractivity contribution in [2.24, 2.45) is 11.5 Å². The average Bonchev–Trinajstić information content (AvgIpc) is 1.61. The number of imidazole rings is 1. The van der Waals surface area contributed by atoms with E-state index in [1.54, 1.807) is 78.9 Å². The van der Waals surface area contributed by atoms with Crippen molar-refractivity contribution in [1.82, 2.24) is 50.2 Å². The normalized spacial score (nSPS) is 20.2. The highest BCUT2D eigenvalue weighted by molar-refractivity contribution is 6.23. The Morgan fingerprint density at radius 2 is 0.953 bits per heavy atom. The lowest BCUT2D eigenvalue weighted by Gasteiger charge is -2.40. The van der Waals surface area contributed by atoms with E-state index < -0.39 is 34.1 Å². The highest BCUT2D eigenvalue weighted by atomic mass is 19.1. The molecule has 8 aliphatic rings. The molecule has 0 bridgehead atoms. The van der Waals surface area contributed by atoms with Crippen LogP contribution in [0.25, 0.3) is 44.6 Å². The average molecular weight is 1750 g/mol. The van der Waals surface area contributed by atoms with E-state index in [1.807, 2.05) is 130 Å². The molecule has 12 N–H and O–H groups in total. The van der Waals surface area contributed by atoms with Gasteiger partial charge in [0.1, 0.15) is 5.60 Å². The Morgan fingerprint density at radius 1 is 0.519 bits per heavy atom. The molecule has 3 aliphatic heterocycles. The van der Waals surface area contributed by atoms with Gasteiger partial charge in [0, 0.05) is 95.4 Å². The van der Waals surface area contributed by atoms with Gasteiger partial charge in [0.2, 0.25) is 5.82 Å². The van der Waals surface area contributed by atoms with Gasteiger partial charge < -0.3 is 66.3 Å². The van der Waals surface area contributed by atoms with Crippen LogP contribution in [0, 0.1) is 15.9 Å². The lowest BCUT2D eigenvalue weighted by molar-refractivity contribution is -0.387. The third kappa shape index (κ3) is 22.0. The molecule has 31 nitrogen and oxygen atoms in total. The van der Waals surface area contributed by atoms with Crippen molar-refractivity contribution in [2.75, 3.05) is 11.1 Å². The number of carboxylic acids is 1. The van der Waals surface area contributed by atoms with Crippen LogP contribution in [0.1, 0.15) is 188 Å². The third-order valence-electron chi connectivity index (χ3n) is 22.6. The summed E-state index contributed by atoms with van der Waals surface area (Å²) in [6.45, 7) is 5.46. The summed E-state index contributed by atoms with van der Waals surface area (Å²) in [5.41, 5.74) is 26.5. The number of aromatic carboxylic acids is 1. The number of halogens is 1. The maximum absolute atomic E-state index is 12.4. The van der Waals surface area contributed by atoms with E-state index in [-0.39, 0.29) is 96.8 Å². The number of ether oxygens (including phenoxy) is 1. The molecule has 21 rings (SSSR count). The summed E-state index contributed by atoms with van der Waals surface area (Å²) in [4.78, 5) is 121. The molecule has 0 atom stereocenters. The molecular formula is C97H98FN15O16. The number of nitrogens with two attached hydrogens (primary N) is 3. The van der Waals surface area contributed by atoms with Crippen LogP contribution in [-0.2, 0) is 4.74 Å². The molecule has 13 aromatic rings. The van der Waals surface area contributed by atoms with Crippen LogP contribution < -0.4 is 38.5 Å². The van der Waals surface area contributed by atoms with Gasteiger partial charge in [0.05, 0.1) is 73.1 Å². The first-order valence-corrected chi connectivity index (χ1v) is 41.7. The minimum Gasteiger partial charge on any atom is -0.476 e. The summed E-state index contributed by atoms with van der Waals surface area (Å²) in [6.07, 6.45) is 11.7. The zero-order chi connectivity index (χ0) is 90.5. The summed E-state index contributed by atoms with van der Waals surface area (Å²) < 4.78 is 32.2. The maximum Gasteiger partial charge on any atom is 0.407 e. The number of hydrogen-bond acceptors (Lipinski definition) is 22. The van der Waals surface area contributed by atoms with Gasteiger partial charge in [-0.15, -0.1) is 0 Å². The molecule has 4 aromatic heterocycles. The number of aromatic nitrogens is 5. The highest BCUT2D eigenvalue weighted by Crippen LogP contribution is 2.39. The first-order valence-electron chi connectivity index (χ1n) is 41.7. The van der Waals surface area contributed by atoms with Gasteiger partial charge in [-0.3, -0.25) is 58.8 Å². The molecule has 32 heteroatoms. The molecule has 129 heavy (non-hydrogen) atoms. The SMILES string of the molecule is C.CC(C)(C)OC(=O)NC1CC(O)C1.NC1CC(N2C(=O)c3ccccc3C2=O)C1.NC1CC(n2ccc3ccccc32)C1.Nc1ccccc1NC1CC(N2C(=O)c3ccccc3C2=O)C1.O=C(NC1CC(n2cnc3ccccc32)C1)c1cc(-c2ccccc2)on1.O=C(O)c1cc(-c2ccccc2)on1.O=C1NC(=O)c2ccccc21.O=[N+]([O-])c1ccccc1F. The lowest BCUT2D eigenvalue weighted by Crippen LogP contribution is -2.52. The Balaban J connectivity index is 0.000000128. The van der Waals surface area contributed by atoms with Crippen molar-refractivity contribution in [1.29, 1.82) is 0 Å². The predicted octanol–water partition coefficient (Wildman–Crippen LogP) is 15.4. The summed E-state index contributed by atoms with van der Waals surface area (Å²) in [6, 6.07) is 76.0. The number of anilines is 2. The molecule has 0 unspecified atom stereocenters. The number of fused-ring (bicyclic) bond motifs is 5. The second-order valence-electron chi connectivity index (χ2n) is 32.8. The Labute approximate surface area is 740 Å². The van der Waals surface area contributed by atoms with Crippen LogP contribution >= 0.6 is 0 Å². The largest absolute Gasteiger partial charge is 0.476 e. The summed E-state index contributed by atoms with van der Waals surface area (Å²) >= 11 is 0. The number of imide groups is 3. The van der Waals surface area contributed by atoms with Crippen molar-refractivity contribution < 1.29 is 76.5 Å². The molecule has 8 amide bonds. The van der Waals surface area contributed by atoms with Gasteiger partial charge in [-0.25, -0.2) is 14.6 Å². The van der Waals surface area contributed by atoms with E-state index in [1.165, 1.54) is 38.9 Å². The number of hydrogen-bond donors (Lipinski definition) is 9. The number of carbonyl (C=O) groups excluding carboxylic acids is 8. The number of carboxylic acid groups (broad SMARTS) is 1. The standard InChI is InChI=1S/C21H18N4O2.C18H17N3O2.C12H12N2O2.C12H14N2.C10H7NO3.C9H17NO3.C8H5NO2.C6H4FNO2.CH4/c26-21(18-12-20(27-24-18)14-6-2-1-3-7-14)23-15-10-16(11-15)25-13-22-17-8-4-5-9-19(17)25;19-15-7-3-4-8-16(15)20-11-9-12(10-11)21-17(22)13-5-1-2-6-14(13)18(21)23;13-7-5-8(6-7)14-11(15)9-3-1-2-4-10(9)12(14)16;13-10-7-11(8-10)14-6-5-9-3-1-2-4-12(9)14;12-10(13)8-6-9(14-11-8)7-4-2-1-3-5-7;1-9(2,3)13-8(12)10-6-4-7(11)5-6;10-7-5-3-1-2-4-6(5)8(11)9-7;7-5-3-1-2-4-6(5)8(9)10;/h1-9,12-13,15-16H,10-11H2,(H,23,26);1-8,11-12,20H,9-10,19H2;1-4,7-8H,5-6,13H2;1-6,10-11H,7-8,13H2;1-6H,(H,12,13);6-7,11H,4-5H2,1-3H3,(H,10,12);1-4H,(H,9,10,11);1-4H;1H4. The number of nitro benzene ring substituents is 1. The molecule has 0 saturated heterocycles. The Hall–Kier alpha value is -15.2. The minimum absolute atomic E-state index is 0. The van der Waals surface area contributed by atoms with Crippen LogP contribution in [0.3, 0.4) is 0 Å². The van der Waals surface area contributed by atoms with E-state index in [9.17, 15) is 57.7 Å². The van der Waals surface area contributed by atoms with Crippen LogP contribution in [0.2, 0.25) is 0 Å². The zero-order valence-corrected chi connectivity index (χ0v) is 70.0. The van der Waals surface area contributed by atoms with E-state index in [0.717, 1.165) is 91.3 Å². The zero-order valence-electron chi connectivity index (χ0n) is 70.0. The maximum atomic E-state index is 12.4. The number of nitrogen functional groups attached to an aromatic ring is 1. The second kappa shape index (κ2) is 40.9. The third-order valence-corrected chi connectivity index (χ3v) is 22.6. The van der Waals surface area contributed by atoms with Crippen LogP contribution in [-0.4, -0.2) is 157 Å². The summed E-state index contributed by atoms with van der Waals surface area (Å²) in [5, 5.41) is 47.5. The molecule has 5 fully saturated rings. The smallest absolute Gasteiger partial charge is 0.407 e. The fourth-order valence-electron chi connectivity index (χ4n) is 15.6. The Bertz CT molecular complexity index is 6120. The molecule has 0 spiro atoms. The fraction of sp³-hybridized carbons (Fsp3) is 0.258. The van der Waals surface area contributed by atoms with E-state index >= 15 is 0 Å². The topological polar surface area (TPSA) is 454 Å².